The second kappa shape index (κ2) is 3.30. The van der Waals surface area contributed by atoms with Crippen LogP contribution in [0.2, 0.25) is 0 Å². The Morgan fingerprint density at radius 2 is 1.85 bits per heavy atom. The van der Waals surface area contributed by atoms with Crippen molar-refractivity contribution in [3.63, 3.8) is 0 Å². The van der Waals surface area contributed by atoms with E-state index in [-0.39, 0.29) is 5.41 Å². The lowest BCUT2D eigenvalue weighted by Gasteiger charge is -2.39. The van der Waals surface area contributed by atoms with Crippen molar-refractivity contribution in [3.05, 3.63) is 0 Å². The minimum atomic E-state index is 0.0249. The van der Waals surface area contributed by atoms with Crippen molar-refractivity contribution >= 4 is 18.0 Å². The maximum absolute atomic E-state index is 11.2. The average Bonchev–Trinajstić information content (AvgIpc) is 2.45. The van der Waals surface area contributed by atoms with E-state index in [0.717, 1.165) is 23.3 Å². The maximum atomic E-state index is 11.2. The molecule has 0 amide bonds. The van der Waals surface area contributed by atoms with Gasteiger partial charge in [-0.1, -0.05) is 13.8 Å². The Morgan fingerprint density at radius 1 is 1.31 bits per heavy atom. The number of thioether (sulfide) groups is 1. The molecule has 2 saturated heterocycles. The van der Waals surface area contributed by atoms with Crippen molar-refractivity contribution in [2.45, 2.75) is 50.0 Å². The van der Waals surface area contributed by atoms with Crippen LogP contribution in [0.3, 0.4) is 0 Å². The lowest BCUT2D eigenvalue weighted by atomic mass is 9.72. The predicted molar refractivity (Wildman–Crippen MR) is 57.0 cm³/mol. The van der Waals surface area contributed by atoms with Crippen molar-refractivity contribution in [2.75, 3.05) is 0 Å². The van der Waals surface area contributed by atoms with Gasteiger partial charge < -0.3 is 4.79 Å². The van der Waals surface area contributed by atoms with Crippen molar-refractivity contribution < 1.29 is 4.79 Å². The number of aldehydes is 1. The maximum Gasteiger partial charge on any atom is 0.126 e. The molecule has 2 unspecified atom stereocenters. The lowest BCUT2D eigenvalue weighted by molar-refractivity contribution is -0.119. The van der Waals surface area contributed by atoms with Crippen LogP contribution in [0.25, 0.3) is 0 Å². The minimum absolute atomic E-state index is 0.0249. The summed E-state index contributed by atoms with van der Waals surface area (Å²) in [5, 5.41) is 1.57. The molecule has 2 fully saturated rings. The number of hydrogen-bond acceptors (Lipinski definition) is 2. The topological polar surface area (TPSA) is 17.1 Å². The van der Waals surface area contributed by atoms with Gasteiger partial charge in [-0.15, -0.1) is 0 Å². The van der Waals surface area contributed by atoms with E-state index >= 15 is 0 Å². The van der Waals surface area contributed by atoms with Crippen LogP contribution in [0.4, 0.5) is 0 Å². The fourth-order valence-corrected chi connectivity index (χ4v) is 4.62. The standard InChI is InChI=1S/C11H18OS/c1-8(2)11(7-12)5-9-3-4-10(6-11)13-9/h7-10H,3-6H2,1-2H3. The van der Waals surface area contributed by atoms with Crippen LogP contribution in [0, 0.1) is 11.3 Å². The summed E-state index contributed by atoms with van der Waals surface area (Å²) in [5.41, 5.74) is 0.0249. The number of hydrogen-bond donors (Lipinski definition) is 0. The molecule has 0 aromatic heterocycles. The van der Waals surface area contributed by atoms with Gasteiger partial charge in [0.1, 0.15) is 6.29 Å². The van der Waals surface area contributed by atoms with Crippen molar-refractivity contribution in [1.82, 2.24) is 0 Å². The van der Waals surface area contributed by atoms with Crippen molar-refractivity contribution in [1.29, 1.82) is 0 Å². The van der Waals surface area contributed by atoms with E-state index < -0.39 is 0 Å². The third kappa shape index (κ3) is 1.54. The van der Waals surface area contributed by atoms with E-state index in [1.54, 1.807) is 0 Å². The van der Waals surface area contributed by atoms with Crippen molar-refractivity contribution in [3.8, 4) is 0 Å². The van der Waals surface area contributed by atoms with E-state index in [2.05, 4.69) is 25.6 Å². The fraction of sp³-hybridized carbons (Fsp3) is 0.909. The Bertz CT molecular complexity index is 200. The Kier molecular flexibility index (Phi) is 2.43. The third-order valence-electron chi connectivity index (χ3n) is 3.80. The molecule has 0 N–H and O–H groups in total. The van der Waals surface area contributed by atoms with Crippen LogP contribution >= 0.6 is 11.8 Å². The van der Waals surface area contributed by atoms with Gasteiger partial charge in [0.25, 0.3) is 0 Å². The second-order valence-corrected chi connectivity index (χ2v) is 6.48. The SMILES string of the molecule is CC(C)C1(C=O)CC2CCC(C1)S2. The highest BCUT2D eigenvalue weighted by Gasteiger charge is 2.45. The first-order valence-corrected chi connectivity index (χ1v) is 6.22. The molecule has 2 aliphatic heterocycles. The normalized spacial score (nSPS) is 43.9. The molecule has 1 nitrogen and oxygen atoms in total. The van der Waals surface area contributed by atoms with Gasteiger partial charge in [0.15, 0.2) is 0 Å². The van der Waals surface area contributed by atoms with E-state index in [4.69, 9.17) is 0 Å². The summed E-state index contributed by atoms with van der Waals surface area (Å²) in [6.45, 7) is 4.40. The molecule has 74 valence electrons. The Labute approximate surface area is 84.7 Å². The molecule has 0 aromatic carbocycles. The van der Waals surface area contributed by atoms with Gasteiger partial charge in [0, 0.05) is 15.9 Å². The van der Waals surface area contributed by atoms with Gasteiger partial charge in [-0.25, -0.2) is 0 Å². The lowest BCUT2D eigenvalue weighted by Crippen LogP contribution is -2.36. The number of carbonyl (C=O) groups excluding carboxylic acids is 1. The number of rotatable bonds is 2. The zero-order valence-corrected chi connectivity index (χ0v) is 9.27. The van der Waals surface area contributed by atoms with E-state index in [9.17, 15) is 4.79 Å². The van der Waals surface area contributed by atoms with Gasteiger partial charge in [0.05, 0.1) is 0 Å². The summed E-state index contributed by atoms with van der Waals surface area (Å²) in [4.78, 5) is 11.2. The highest BCUT2D eigenvalue weighted by atomic mass is 32.2. The van der Waals surface area contributed by atoms with Crippen LogP contribution < -0.4 is 0 Å². The zero-order chi connectivity index (χ0) is 9.47. The quantitative estimate of drug-likeness (QED) is 0.635. The second-order valence-electron chi connectivity index (χ2n) is 4.87. The zero-order valence-electron chi connectivity index (χ0n) is 8.45. The number of carbonyl (C=O) groups is 1. The summed E-state index contributed by atoms with van der Waals surface area (Å²) in [6.07, 6.45) is 6.21. The molecule has 2 rings (SSSR count). The van der Waals surface area contributed by atoms with Crippen LogP contribution in [0.15, 0.2) is 0 Å². The van der Waals surface area contributed by atoms with E-state index in [1.165, 1.54) is 19.1 Å². The van der Waals surface area contributed by atoms with Gasteiger partial charge in [-0.05, 0) is 31.6 Å². The minimum Gasteiger partial charge on any atom is -0.303 e. The molecule has 0 aliphatic carbocycles. The predicted octanol–water partition coefficient (Wildman–Crippen LogP) is 2.89. The van der Waals surface area contributed by atoms with Gasteiger partial charge in [-0.2, -0.15) is 11.8 Å². The Balaban J connectivity index is 2.18. The number of fused-ring (bicyclic) bond motifs is 2. The first kappa shape index (κ1) is 9.57. The molecular formula is C11H18OS. The molecule has 13 heavy (non-hydrogen) atoms. The highest BCUT2D eigenvalue weighted by Crippen LogP contribution is 2.53. The van der Waals surface area contributed by atoms with E-state index in [1.807, 2.05) is 0 Å². The fourth-order valence-electron chi connectivity index (χ4n) is 2.72. The summed E-state index contributed by atoms with van der Waals surface area (Å²) >= 11 is 2.13. The summed E-state index contributed by atoms with van der Waals surface area (Å²) in [6, 6.07) is 0. The Morgan fingerprint density at radius 3 is 2.23 bits per heavy atom. The Hall–Kier alpha value is 0.0200. The van der Waals surface area contributed by atoms with Crippen LogP contribution in [0.1, 0.15) is 39.5 Å². The smallest absolute Gasteiger partial charge is 0.126 e. The van der Waals surface area contributed by atoms with Gasteiger partial charge >= 0.3 is 0 Å². The summed E-state index contributed by atoms with van der Waals surface area (Å²) < 4.78 is 0. The third-order valence-corrected chi connectivity index (χ3v) is 5.37. The molecule has 2 heteroatoms. The molecule has 2 heterocycles. The molecular weight excluding hydrogens is 180 g/mol. The van der Waals surface area contributed by atoms with Gasteiger partial charge in [0.2, 0.25) is 0 Å². The molecule has 0 aromatic rings. The van der Waals surface area contributed by atoms with Crippen LogP contribution in [-0.2, 0) is 4.79 Å². The summed E-state index contributed by atoms with van der Waals surface area (Å²) in [5.74, 6) is 0.522. The molecule has 0 spiro atoms. The molecule has 2 aliphatic rings. The largest absolute Gasteiger partial charge is 0.303 e. The van der Waals surface area contributed by atoms with Gasteiger partial charge in [-0.3, -0.25) is 0 Å². The molecule has 2 atom stereocenters. The molecule has 0 radical (unpaired) electrons. The monoisotopic (exact) mass is 198 g/mol. The first-order valence-electron chi connectivity index (χ1n) is 5.28. The van der Waals surface area contributed by atoms with Crippen LogP contribution in [0.5, 0.6) is 0 Å². The first-order chi connectivity index (χ1) is 6.16. The van der Waals surface area contributed by atoms with Crippen molar-refractivity contribution in [2.24, 2.45) is 11.3 Å². The molecule has 0 saturated carbocycles. The average molecular weight is 198 g/mol. The summed E-state index contributed by atoms with van der Waals surface area (Å²) in [7, 11) is 0. The highest BCUT2D eigenvalue weighted by molar-refractivity contribution is 8.00. The van der Waals surface area contributed by atoms with Crippen LogP contribution in [-0.4, -0.2) is 16.8 Å². The van der Waals surface area contributed by atoms with E-state index in [0.29, 0.717) is 5.92 Å². The molecule has 2 bridgehead atoms.